The lowest BCUT2D eigenvalue weighted by molar-refractivity contribution is 0.794. The van der Waals surface area contributed by atoms with Gasteiger partial charge in [0.2, 0.25) is 0 Å². The average molecular weight is 211 g/mol. The third-order valence-electron chi connectivity index (χ3n) is 1.70. The third-order valence-corrected chi connectivity index (χ3v) is 2.41. The van der Waals surface area contributed by atoms with Crippen LogP contribution in [0.5, 0.6) is 0 Å². The smallest absolute Gasteiger partial charge is 0.340 e. The normalized spacial score (nSPS) is 12.6. The van der Waals surface area contributed by atoms with Crippen molar-refractivity contribution in [2.75, 3.05) is 5.32 Å². The number of hydrogen-bond donors (Lipinski definition) is 3. The molecular weight excluding hydrogens is 202 g/mol. The molecule has 3 N–H and O–H groups in total. The fourth-order valence-electron chi connectivity index (χ4n) is 1.04. The van der Waals surface area contributed by atoms with E-state index in [2.05, 4.69) is 25.5 Å². The molecule has 6 nitrogen and oxygen atoms in total. The van der Waals surface area contributed by atoms with E-state index in [0.29, 0.717) is 5.82 Å². The molecule has 0 aliphatic heterocycles. The molecule has 0 radical (unpaired) electrons. The summed E-state index contributed by atoms with van der Waals surface area (Å²) in [7, 11) is 0. The van der Waals surface area contributed by atoms with Gasteiger partial charge in [0.15, 0.2) is 11.0 Å². The molecule has 7 heteroatoms. The maximum atomic E-state index is 10.8. The molecule has 1 unspecified atom stereocenters. The fourth-order valence-corrected chi connectivity index (χ4v) is 1.65. The van der Waals surface area contributed by atoms with Gasteiger partial charge in [0.05, 0.1) is 6.04 Å². The van der Waals surface area contributed by atoms with Gasteiger partial charge in [-0.3, -0.25) is 4.98 Å². The first-order chi connectivity index (χ1) is 6.75. The Morgan fingerprint density at radius 1 is 1.64 bits per heavy atom. The molecule has 0 bridgehead atoms. The highest BCUT2D eigenvalue weighted by Crippen LogP contribution is 2.16. The highest BCUT2D eigenvalue weighted by molar-refractivity contribution is 7.13. The molecule has 0 saturated heterocycles. The number of nitrogens with zero attached hydrogens (tertiary/aromatic N) is 2. The summed E-state index contributed by atoms with van der Waals surface area (Å²) in [5.41, 5.74) is -0.298. The topological polar surface area (TPSA) is 86.5 Å². The van der Waals surface area contributed by atoms with E-state index in [1.807, 2.05) is 12.3 Å². The molecule has 2 aromatic rings. The van der Waals surface area contributed by atoms with Crippen molar-refractivity contribution in [3.8, 4) is 0 Å². The Balaban J connectivity index is 2.10. The Bertz CT molecular complexity index is 445. The minimum Gasteiger partial charge on any atom is -0.352 e. The Hall–Kier alpha value is -1.63. The molecule has 0 aliphatic rings. The van der Waals surface area contributed by atoms with Gasteiger partial charge in [0, 0.05) is 11.6 Å². The van der Waals surface area contributed by atoms with Gasteiger partial charge in [-0.05, 0) is 6.92 Å². The van der Waals surface area contributed by atoms with Crippen molar-refractivity contribution < 1.29 is 0 Å². The lowest BCUT2D eigenvalue weighted by Crippen LogP contribution is -2.09. The standard InChI is InChI=1S/C7H9N5OS/c1-4(5-10-6(13)12-11-5)9-7-8-2-3-14-7/h2-4H,1H3,(H,8,9)(H2,10,11,12,13). The molecular formula is C7H9N5OS. The highest BCUT2D eigenvalue weighted by atomic mass is 32.1. The van der Waals surface area contributed by atoms with Crippen molar-refractivity contribution in [1.29, 1.82) is 0 Å². The molecule has 2 aromatic heterocycles. The van der Waals surface area contributed by atoms with Gasteiger partial charge in [-0.1, -0.05) is 0 Å². The lowest BCUT2D eigenvalue weighted by Gasteiger charge is -2.08. The molecule has 0 spiro atoms. The molecule has 0 fully saturated rings. The van der Waals surface area contributed by atoms with Gasteiger partial charge in [-0.15, -0.1) is 11.3 Å². The van der Waals surface area contributed by atoms with E-state index in [-0.39, 0.29) is 11.7 Å². The predicted molar refractivity (Wildman–Crippen MR) is 53.4 cm³/mol. The maximum absolute atomic E-state index is 10.8. The van der Waals surface area contributed by atoms with Crippen LogP contribution in [-0.4, -0.2) is 20.2 Å². The summed E-state index contributed by atoms with van der Waals surface area (Å²) in [6.45, 7) is 1.90. The lowest BCUT2D eigenvalue weighted by atomic mass is 10.3. The van der Waals surface area contributed by atoms with E-state index in [4.69, 9.17) is 0 Å². The van der Waals surface area contributed by atoms with Crippen LogP contribution < -0.4 is 11.0 Å². The Morgan fingerprint density at radius 3 is 3.07 bits per heavy atom. The van der Waals surface area contributed by atoms with Crippen LogP contribution in [0.25, 0.3) is 0 Å². The molecule has 1 atom stereocenters. The van der Waals surface area contributed by atoms with E-state index in [0.717, 1.165) is 5.13 Å². The van der Waals surface area contributed by atoms with Crippen LogP contribution in [0, 0.1) is 0 Å². The van der Waals surface area contributed by atoms with Crippen LogP contribution in [0.15, 0.2) is 16.4 Å². The van der Waals surface area contributed by atoms with Crippen molar-refractivity contribution in [1.82, 2.24) is 20.2 Å². The molecule has 0 amide bonds. The van der Waals surface area contributed by atoms with Crippen LogP contribution >= 0.6 is 11.3 Å². The number of hydrogen-bond acceptors (Lipinski definition) is 5. The number of rotatable bonds is 3. The van der Waals surface area contributed by atoms with E-state index >= 15 is 0 Å². The van der Waals surface area contributed by atoms with Gasteiger partial charge >= 0.3 is 5.69 Å². The summed E-state index contributed by atoms with van der Waals surface area (Å²) >= 11 is 1.50. The third kappa shape index (κ3) is 1.82. The van der Waals surface area contributed by atoms with Gasteiger partial charge in [0.1, 0.15) is 0 Å². The second-order valence-corrected chi connectivity index (χ2v) is 3.66. The Labute approximate surface area is 83.4 Å². The number of H-pyrrole nitrogens is 2. The maximum Gasteiger partial charge on any atom is 0.340 e. The molecule has 0 aliphatic carbocycles. The van der Waals surface area contributed by atoms with Crippen molar-refractivity contribution in [3.63, 3.8) is 0 Å². The van der Waals surface area contributed by atoms with Crippen LogP contribution in [0.1, 0.15) is 18.8 Å². The van der Waals surface area contributed by atoms with Crippen LogP contribution in [0.2, 0.25) is 0 Å². The SMILES string of the molecule is CC(Nc1nccs1)c1n[nH]c(=O)[nH]1. The summed E-state index contributed by atoms with van der Waals surface area (Å²) in [4.78, 5) is 17.4. The number of thiazole rings is 1. The zero-order valence-electron chi connectivity index (χ0n) is 7.44. The van der Waals surface area contributed by atoms with Gasteiger partial charge in [-0.2, -0.15) is 5.10 Å². The summed E-state index contributed by atoms with van der Waals surface area (Å²) in [6, 6.07) is -0.0694. The molecule has 2 rings (SSSR count). The zero-order chi connectivity index (χ0) is 9.97. The minimum absolute atomic E-state index is 0.0694. The Kier molecular flexibility index (Phi) is 2.32. The quantitative estimate of drug-likeness (QED) is 0.698. The van der Waals surface area contributed by atoms with Crippen molar-refractivity contribution in [2.24, 2.45) is 0 Å². The Morgan fingerprint density at radius 2 is 2.50 bits per heavy atom. The van der Waals surface area contributed by atoms with E-state index in [1.54, 1.807) is 6.20 Å². The first-order valence-corrected chi connectivity index (χ1v) is 4.94. The summed E-state index contributed by atoms with van der Waals surface area (Å²) in [6.07, 6.45) is 1.72. The highest BCUT2D eigenvalue weighted by Gasteiger charge is 2.09. The monoisotopic (exact) mass is 211 g/mol. The van der Waals surface area contributed by atoms with E-state index in [1.165, 1.54) is 11.3 Å². The first kappa shape index (κ1) is 8.95. The minimum atomic E-state index is -0.298. The van der Waals surface area contributed by atoms with Crippen LogP contribution in [-0.2, 0) is 0 Å². The predicted octanol–water partition coefficient (Wildman–Crippen LogP) is 0.728. The largest absolute Gasteiger partial charge is 0.352 e. The van der Waals surface area contributed by atoms with Gasteiger partial charge < -0.3 is 5.32 Å². The van der Waals surface area contributed by atoms with Gasteiger partial charge in [-0.25, -0.2) is 14.9 Å². The van der Waals surface area contributed by atoms with Crippen LogP contribution in [0.3, 0.4) is 0 Å². The second-order valence-electron chi connectivity index (χ2n) is 2.77. The molecule has 0 saturated carbocycles. The number of anilines is 1. The number of aromatic nitrogens is 4. The first-order valence-electron chi connectivity index (χ1n) is 4.06. The number of nitrogens with one attached hydrogen (secondary N) is 3. The molecule has 0 aromatic carbocycles. The van der Waals surface area contributed by atoms with E-state index < -0.39 is 0 Å². The zero-order valence-corrected chi connectivity index (χ0v) is 8.26. The summed E-state index contributed by atoms with van der Waals surface area (Å²) in [5.74, 6) is 0.574. The van der Waals surface area contributed by atoms with Crippen molar-refractivity contribution >= 4 is 16.5 Å². The second kappa shape index (κ2) is 3.62. The van der Waals surface area contributed by atoms with E-state index in [9.17, 15) is 4.79 Å². The summed E-state index contributed by atoms with van der Waals surface area (Å²) < 4.78 is 0. The molecule has 2 heterocycles. The van der Waals surface area contributed by atoms with Crippen molar-refractivity contribution in [3.05, 3.63) is 27.9 Å². The average Bonchev–Trinajstić information content (AvgIpc) is 2.75. The van der Waals surface area contributed by atoms with Crippen molar-refractivity contribution in [2.45, 2.75) is 13.0 Å². The summed E-state index contributed by atoms with van der Waals surface area (Å²) in [5, 5.41) is 11.9. The fraction of sp³-hybridized carbons (Fsp3) is 0.286. The van der Waals surface area contributed by atoms with Crippen LogP contribution in [0.4, 0.5) is 5.13 Å². The number of aromatic amines is 2. The molecule has 14 heavy (non-hydrogen) atoms. The molecule has 74 valence electrons. The van der Waals surface area contributed by atoms with Gasteiger partial charge in [0.25, 0.3) is 0 Å².